The number of nitrogens with zero attached hydrogens (tertiary/aromatic N) is 4. The highest BCUT2D eigenvalue weighted by atomic mass is 16.2. The number of hydrogen-bond acceptors (Lipinski definition) is 6. The fourth-order valence-corrected chi connectivity index (χ4v) is 3.20. The molecule has 0 radical (unpaired) electrons. The first-order chi connectivity index (χ1) is 13.2. The molecule has 2 aromatic heterocycles. The molecular formula is C19H21N7O. The lowest BCUT2D eigenvalue weighted by atomic mass is 10.0. The van der Waals surface area contributed by atoms with Crippen LogP contribution in [-0.2, 0) is 4.79 Å². The third-order valence-corrected chi connectivity index (χ3v) is 4.66. The molecule has 0 unspecified atom stereocenters. The van der Waals surface area contributed by atoms with Gasteiger partial charge in [-0.2, -0.15) is 0 Å². The number of imidazole rings is 1. The third-order valence-electron chi connectivity index (χ3n) is 4.66. The summed E-state index contributed by atoms with van der Waals surface area (Å²) in [6, 6.07) is 7.76. The van der Waals surface area contributed by atoms with Gasteiger partial charge in [-0.25, -0.2) is 15.0 Å². The molecule has 0 fully saturated rings. The average molecular weight is 363 g/mol. The zero-order valence-corrected chi connectivity index (χ0v) is 14.9. The largest absolute Gasteiger partial charge is 0.382 e. The van der Waals surface area contributed by atoms with E-state index in [1.165, 1.54) is 0 Å². The number of amides is 1. The van der Waals surface area contributed by atoms with E-state index in [1.807, 2.05) is 30.3 Å². The van der Waals surface area contributed by atoms with Crippen molar-refractivity contribution in [3.05, 3.63) is 42.2 Å². The van der Waals surface area contributed by atoms with Crippen LogP contribution >= 0.6 is 0 Å². The minimum absolute atomic E-state index is 0.0826. The smallest absolute Gasteiger partial charge is 0.224 e. The van der Waals surface area contributed by atoms with E-state index in [0.29, 0.717) is 49.8 Å². The highest BCUT2D eigenvalue weighted by Gasteiger charge is 2.19. The Morgan fingerprint density at radius 3 is 2.85 bits per heavy atom. The molecule has 1 aromatic carbocycles. The number of H-pyrrole nitrogens is 1. The van der Waals surface area contributed by atoms with Crippen LogP contribution in [0.3, 0.4) is 0 Å². The molecule has 3 heterocycles. The Kier molecular flexibility index (Phi) is 4.55. The number of carbonyl (C=O) groups is 1. The van der Waals surface area contributed by atoms with Gasteiger partial charge in [-0.05, 0) is 24.1 Å². The summed E-state index contributed by atoms with van der Waals surface area (Å²) in [7, 11) is 0. The second-order valence-electron chi connectivity index (χ2n) is 6.45. The highest BCUT2D eigenvalue weighted by molar-refractivity contribution is 5.81. The van der Waals surface area contributed by atoms with Gasteiger partial charge in [-0.1, -0.05) is 18.2 Å². The maximum Gasteiger partial charge on any atom is 0.224 e. The molecule has 8 heteroatoms. The summed E-state index contributed by atoms with van der Waals surface area (Å²) in [6.45, 7) is 1.58. The summed E-state index contributed by atoms with van der Waals surface area (Å²) in [6.07, 6.45) is 4.78. The van der Waals surface area contributed by atoms with Gasteiger partial charge in [-0.15, -0.1) is 0 Å². The minimum atomic E-state index is 0.0826. The molecule has 0 bridgehead atoms. The predicted octanol–water partition coefficient (Wildman–Crippen LogP) is 1.57. The number of para-hydroxylation sites is 2. The molecule has 27 heavy (non-hydrogen) atoms. The Bertz CT molecular complexity index is 991. The molecule has 5 N–H and O–H groups in total. The van der Waals surface area contributed by atoms with Gasteiger partial charge in [0.05, 0.1) is 22.9 Å². The van der Waals surface area contributed by atoms with Crippen LogP contribution in [-0.4, -0.2) is 50.4 Å². The van der Waals surface area contributed by atoms with Gasteiger partial charge in [0.25, 0.3) is 0 Å². The lowest BCUT2D eigenvalue weighted by molar-refractivity contribution is -0.130. The zero-order chi connectivity index (χ0) is 18.8. The van der Waals surface area contributed by atoms with Crippen molar-refractivity contribution < 1.29 is 4.79 Å². The number of fused-ring (bicyclic) bond motifs is 1. The van der Waals surface area contributed by atoms with Crippen molar-refractivity contribution in [2.24, 2.45) is 5.73 Å². The minimum Gasteiger partial charge on any atom is -0.382 e. The number of benzene rings is 1. The van der Waals surface area contributed by atoms with Crippen molar-refractivity contribution in [2.45, 2.75) is 12.8 Å². The van der Waals surface area contributed by atoms with Gasteiger partial charge in [0, 0.05) is 26.1 Å². The van der Waals surface area contributed by atoms with Crippen molar-refractivity contribution in [2.75, 3.05) is 25.4 Å². The zero-order valence-electron chi connectivity index (χ0n) is 14.9. The van der Waals surface area contributed by atoms with E-state index < -0.39 is 0 Å². The van der Waals surface area contributed by atoms with Crippen molar-refractivity contribution in [3.8, 4) is 11.5 Å². The van der Waals surface area contributed by atoms with Crippen LogP contribution in [0, 0.1) is 0 Å². The molecular weight excluding hydrogens is 342 g/mol. The van der Waals surface area contributed by atoms with Crippen LogP contribution in [0.4, 0.5) is 5.82 Å². The van der Waals surface area contributed by atoms with Crippen LogP contribution in [0.2, 0.25) is 0 Å². The van der Waals surface area contributed by atoms with Crippen molar-refractivity contribution in [1.29, 1.82) is 0 Å². The summed E-state index contributed by atoms with van der Waals surface area (Å²) in [5, 5.41) is 0. The van der Waals surface area contributed by atoms with Crippen LogP contribution < -0.4 is 11.5 Å². The monoisotopic (exact) mass is 363 g/mol. The van der Waals surface area contributed by atoms with E-state index in [-0.39, 0.29) is 5.91 Å². The Morgan fingerprint density at radius 2 is 2.11 bits per heavy atom. The molecule has 1 amide bonds. The summed E-state index contributed by atoms with van der Waals surface area (Å²) >= 11 is 0. The van der Waals surface area contributed by atoms with Crippen LogP contribution in [0.1, 0.15) is 18.5 Å². The molecule has 0 spiro atoms. The van der Waals surface area contributed by atoms with Gasteiger partial charge < -0.3 is 21.4 Å². The molecule has 138 valence electrons. The third kappa shape index (κ3) is 3.39. The van der Waals surface area contributed by atoms with E-state index in [2.05, 4.69) is 15.0 Å². The summed E-state index contributed by atoms with van der Waals surface area (Å²) in [5.74, 6) is 1.01. The number of rotatable bonds is 4. The first kappa shape index (κ1) is 17.2. The number of hydrogen-bond donors (Lipinski definition) is 3. The standard InChI is InChI=1S/C19H21N7O/c20-8-5-16(27)26-9-6-12(7-10-26)15-11-22-18(21)17(23-15)19-24-13-3-1-2-4-14(13)25-19/h1-4,6,11H,5,7-10,20H2,(H2,21,22)(H,24,25). The van der Waals surface area contributed by atoms with E-state index in [4.69, 9.17) is 16.5 Å². The molecule has 0 atom stereocenters. The van der Waals surface area contributed by atoms with Gasteiger partial charge in [0.15, 0.2) is 11.6 Å². The number of anilines is 1. The second kappa shape index (κ2) is 7.16. The SMILES string of the molecule is NCCC(=O)N1CC=C(c2cnc(N)c(-c3nc4ccccc4[nH]3)n2)CC1. The first-order valence-electron chi connectivity index (χ1n) is 8.90. The molecule has 0 saturated carbocycles. The molecule has 0 aliphatic carbocycles. The molecule has 1 aliphatic rings. The lowest BCUT2D eigenvalue weighted by Gasteiger charge is -2.26. The maximum atomic E-state index is 12.0. The number of nitrogens with one attached hydrogen (secondary N) is 1. The van der Waals surface area contributed by atoms with E-state index in [1.54, 1.807) is 11.1 Å². The molecule has 4 rings (SSSR count). The fourth-order valence-electron chi connectivity index (χ4n) is 3.20. The van der Waals surface area contributed by atoms with Gasteiger partial charge in [-0.3, -0.25) is 4.79 Å². The lowest BCUT2D eigenvalue weighted by Crippen LogP contribution is -2.35. The predicted molar refractivity (Wildman–Crippen MR) is 104 cm³/mol. The normalized spacial score (nSPS) is 14.4. The number of aromatic amines is 1. The maximum absolute atomic E-state index is 12.0. The first-order valence-corrected chi connectivity index (χ1v) is 8.90. The van der Waals surface area contributed by atoms with E-state index in [9.17, 15) is 4.79 Å². The van der Waals surface area contributed by atoms with Crippen molar-refractivity contribution in [1.82, 2.24) is 24.8 Å². The molecule has 0 saturated heterocycles. The molecule has 8 nitrogen and oxygen atoms in total. The van der Waals surface area contributed by atoms with Crippen molar-refractivity contribution in [3.63, 3.8) is 0 Å². The topological polar surface area (TPSA) is 127 Å². The van der Waals surface area contributed by atoms with Crippen LogP contribution in [0.15, 0.2) is 36.5 Å². The highest BCUT2D eigenvalue weighted by Crippen LogP contribution is 2.26. The molecule has 1 aliphatic heterocycles. The van der Waals surface area contributed by atoms with E-state index in [0.717, 1.165) is 22.3 Å². The van der Waals surface area contributed by atoms with Crippen molar-refractivity contribution >= 4 is 28.3 Å². The summed E-state index contributed by atoms with van der Waals surface area (Å²) < 4.78 is 0. The van der Waals surface area contributed by atoms with Gasteiger partial charge >= 0.3 is 0 Å². The van der Waals surface area contributed by atoms with E-state index >= 15 is 0 Å². The van der Waals surface area contributed by atoms with Crippen LogP contribution in [0.25, 0.3) is 28.1 Å². The van der Waals surface area contributed by atoms with Gasteiger partial charge in [0.2, 0.25) is 5.91 Å². The van der Waals surface area contributed by atoms with Gasteiger partial charge in [0.1, 0.15) is 5.69 Å². The average Bonchev–Trinajstić information content (AvgIpc) is 3.12. The number of nitrogen functional groups attached to an aromatic ring is 1. The Hall–Kier alpha value is -3.26. The number of aromatic nitrogens is 4. The number of carbonyl (C=O) groups excluding carboxylic acids is 1. The Labute approximate surface area is 156 Å². The Balaban J connectivity index is 1.62. The molecule has 3 aromatic rings. The summed E-state index contributed by atoms with van der Waals surface area (Å²) in [5.41, 5.74) is 15.6. The number of nitrogens with two attached hydrogens (primary N) is 2. The second-order valence-corrected chi connectivity index (χ2v) is 6.45. The fraction of sp³-hybridized carbons (Fsp3) is 0.263. The van der Waals surface area contributed by atoms with Crippen LogP contribution in [0.5, 0.6) is 0 Å². The summed E-state index contributed by atoms with van der Waals surface area (Å²) in [4.78, 5) is 30.6. The quantitative estimate of drug-likeness (QED) is 0.646. The Morgan fingerprint density at radius 1 is 1.26 bits per heavy atom.